The van der Waals surface area contributed by atoms with Crippen LogP contribution in [0.1, 0.15) is 32.1 Å². The number of rotatable bonds is 7. The third kappa shape index (κ3) is 8.84. The van der Waals surface area contributed by atoms with Gasteiger partial charge in [0.05, 0.1) is 18.2 Å². The summed E-state index contributed by atoms with van der Waals surface area (Å²) in [7, 11) is 3.31. The molecule has 16 heteroatoms. The highest BCUT2D eigenvalue weighted by Crippen LogP contribution is 2.41. The van der Waals surface area contributed by atoms with Crippen molar-refractivity contribution in [3.63, 3.8) is 0 Å². The Morgan fingerprint density at radius 1 is 1.09 bits per heavy atom. The van der Waals surface area contributed by atoms with Crippen LogP contribution in [0.3, 0.4) is 0 Å². The number of nitrogens with one attached hydrogen (secondary N) is 1. The summed E-state index contributed by atoms with van der Waals surface area (Å²) in [6.45, 7) is 7.25. The van der Waals surface area contributed by atoms with Crippen LogP contribution in [-0.4, -0.2) is 113 Å². The number of carbonyl (C=O) groups is 2. The standard InChI is InChI=1S/C27H39N7O4.C2HF3O2/c1-30-19-21(18-29-30)23-16-25(34(36)37)26(38-2)17-24(23)32-9-5-22(6-10-32)31-11-13-33(14-12-31)27(35)15-20-3-7-28-8-4-20;3-2(4,5)1(6)7/h16-20,22,28H,3-15H2,1-2H3;(H,6,7). The molecular formula is C29H40F3N7O6. The second-order valence-electron chi connectivity index (χ2n) is 11.5. The first kappa shape index (κ1) is 34.0. The van der Waals surface area contributed by atoms with E-state index in [9.17, 15) is 28.1 Å². The summed E-state index contributed by atoms with van der Waals surface area (Å²) in [6.07, 6.45) is 3.46. The van der Waals surface area contributed by atoms with Crippen LogP contribution in [0, 0.1) is 16.0 Å². The van der Waals surface area contributed by atoms with Crippen LogP contribution in [0.15, 0.2) is 24.5 Å². The van der Waals surface area contributed by atoms with Gasteiger partial charge in [-0.05, 0) is 44.7 Å². The van der Waals surface area contributed by atoms with Gasteiger partial charge >= 0.3 is 17.8 Å². The van der Waals surface area contributed by atoms with Crippen LogP contribution in [0.5, 0.6) is 5.75 Å². The van der Waals surface area contributed by atoms with Gasteiger partial charge in [0.25, 0.3) is 0 Å². The number of hydrogen-bond acceptors (Lipinski definition) is 9. The van der Waals surface area contributed by atoms with Gasteiger partial charge in [-0.15, -0.1) is 0 Å². The number of nitrogens with zero attached hydrogens (tertiary/aromatic N) is 6. The molecule has 0 unspecified atom stereocenters. The summed E-state index contributed by atoms with van der Waals surface area (Å²) in [5.74, 6) is -1.64. The predicted molar refractivity (Wildman–Crippen MR) is 159 cm³/mol. The zero-order chi connectivity index (χ0) is 32.7. The average molecular weight is 640 g/mol. The monoisotopic (exact) mass is 639 g/mol. The topological polar surface area (TPSA) is 146 Å². The lowest BCUT2D eigenvalue weighted by Gasteiger charge is -2.43. The molecule has 13 nitrogen and oxygen atoms in total. The Bertz CT molecular complexity index is 1330. The molecule has 1 amide bonds. The van der Waals surface area contributed by atoms with Gasteiger partial charge in [0.15, 0.2) is 5.75 Å². The molecule has 0 radical (unpaired) electrons. The van der Waals surface area contributed by atoms with Crippen molar-refractivity contribution in [2.45, 2.75) is 44.3 Å². The number of halogens is 3. The lowest BCUT2D eigenvalue weighted by atomic mass is 9.94. The molecule has 3 aliphatic rings. The number of aliphatic carboxylic acids is 1. The minimum absolute atomic E-state index is 0.0439. The van der Waals surface area contributed by atoms with Gasteiger partial charge in [-0.3, -0.25) is 24.5 Å². The van der Waals surface area contributed by atoms with Crippen molar-refractivity contribution in [3.05, 3.63) is 34.6 Å². The van der Waals surface area contributed by atoms with E-state index in [1.165, 1.54) is 7.11 Å². The molecule has 2 aromatic rings. The molecular weight excluding hydrogens is 599 g/mol. The van der Waals surface area contributed by atoms with Crippen LogP contribution >= 0.6 is 0 Å². The number of benzene rings is 1. The predicted octanol–water partition coefficient (Wildman–Crippen LogP) is 3.14. The second-order valence-corrected chi connectivity index (χ2v) is 11.5. The maximum Gasteiger partial charge on any atom is 0.490 e. The van der Waals surface area contributed by atoms with Crippen molar-refractivity contribution in [1.29, 1.82) is 0 Å². The summed E-state index contributed by atoms with van der Waals surface area (Å²) in [6, 6.07) is 3.89. The quantitative estimate of drug-likeness (QED) is 0.342. The molecule has 0 atom stereocenters. The van der Waals surface area contributed by atoms with Crippen molar-refractivity contribution in [2.24, 2.45) is 13.0 Å². The van der Waals surface area contributed by atoms with Gasteiger partial charge in [-0.1, -0.05) is 0 Å². The van der Waals surface area contributed by atoms with Crippen molar-refractivity contribution < 1.29 is 37.5 Å². The molecule has 5 rings (SSSR count). The van der Waals surface area contributed by atoms with Crippen LogP contribution in [-0.2, 0) is 16.6 Å². The summed E-state index contributed by atoms with van der Waals surface area (Å²) < 4.78 is 38.8. The second kappa shape index (κ2) is 14.9. The number of carboxylic acid groups (broad SMARTS) is 1. The van der Waals surface area contributed by atoms with Crippen LogP contribution in [0.4, 0.5) is 24.5 Å². The Morgan fingerprint density at radius 3 is 2.22 bits per heavy atom. The zero-order valence-corrected chi connectivity index (χ0v) is 25.5. The number of ether oxygens (including phenoxy) is 1. The van der Waals surface area contributed by atoms with Gasteiger partial charge in [-0.25, -0.2) is 4.79 Å². The number of anilines is 1. The molecule has 1 aromatic heterocycles. The third-order valence-electron chi connectivity index (χ3n) is 8.66. The first-order valence-electron chi connectivity index (χ1n) is 15.0. The normalized spacial score (nSPS) is 18.7. The smallest absolute Gasteiger partial charge is 0.490 e. The Hall–Kier alpha value is -3.92. The van der Waals surface area contributed by atoms with Crippen molar-refractivity contribution in [3.8, 4) is 16.9 Å². The number of methoxy groups -OCH3 is 1. The highest BCUT2D eigenvalue weighted by Gasteiger charge is 2.38. The van der Waals surface area contributed by atoms with E-state index in [1.807, 2.05) is 13.2 Å². The number of aryl methyl sites for hydroxylation is 1. The van der Waals surface area contributed by atoms with Crippen LogP contribution < -0.4 is 15.0 Å². The molecule has 2 N–H and O–H groups in total. The maximum absolute atomic E-state index is 12.8. The van der Waals surface area contributed by atoms with Gasteiger partial charge in [0.1, 0.15) is 0 Å². The van der Waals surface area contributed by atoms with Gasteiger partial charge in [0.2, 0.25) is 5.91 Å². The van der Waals surface area contributed by atoms with Gasteiger partial charge in [-0.2, -0.15) is 18.3 Å². The molecule has 3 aliphatic heterocycles. The Balaban J connectivity index is 0.000000591. The number of aromatic nitrogens is 2. The lowest BCUT2D eigenvalue weighted by Crippen LogP contribution is -2.54. The highest BCUT2D eigenvalue weighted by atomic mass is 19.4. The highest BCUT2D eigenvalue weighted by molar-refractivity contribution is 5.82. The van der Waals surface area contributed by atoms with E-state index in [2.05, 4.69) is 25.1 Å². The summed E-state index contributed by atoms with van der Waals surface area (Å²) in [4.78, 5) is 40.0. The molecule has 0 saturated carbocycles. The fraction of sp³-hybridized carbons (Fsp3) is 0.621. The van der Waals surface area contributed by atoms with E-state index in [-0.39, 0.29) is 11.4 Å². The van der Waals surface area contributed by atoms with E-state index in [0.29, 0.717) is 24.3 Å². The molecule has 1 aromatic carbocycles. The Labute approximate surface area is 259 Å². The number of nitro groups is 1. The summed E-state index contributed by atoms with van der Waals surface area (Å²) in [5.41, 5.74) is 2.54. The molecule has 0 aliphatic carbocycles. The van der Waals surface area contributed by atoms with E-state index in [0.717, 1.165) is 94.9 Å². The van der Waals surface area contributed by atoms with Crippen molar-refractivity contribution >= 4 is 23.3 Å². The van der Waals surface area contributed by atoms with Crippen molar-refractivity contribution in [1.82, 2.24) is 24.9 Å². The molecule has 4 heterocycles. The first-order chi connectivity index (χ1) is 21.4. The minimum atomic E-state index is -5.08. The van der Waals surface area contributed by atoms with Gasteiger partial charge < -0.3 is 25.0 Å². The zero-order valence-electron chi connectivity index (χ0n) is 25.5. The fourth-order valence-electron chi connectivity index (χ4n) is 6.19. The third-order valence-corrected chi connectivity index (χ3v) is 8.66. The summed E-state index contributed by atoms with van der Waals surface area (Å²) in [5, 5.41) is 26.5. The number of alkyl halides is 3. The first-order valence-corrected chi connectivity index (χ1v) is 15.0. The van der Waals surface area contributed by atoms with Crippen molar-refractivity contribution in [2.75, 3.05) is 64.4 Å². The van der Waals surface area contributed by atoms with E-state index >= 15 is 0 Å². The Morgan fingerprint density at radius 2 is 1.71 bits per heavy atom. The van der Waals surface area contributed by atoms with Crippen LogP contribution in [0.2, 0.25) is 0 Å². The number of piperidine rings is 2. The average Bonchev–Trinajstić information content (AvgIpc) is 3.46. The van der Waals surface area contributed by atoms with E-state index in [1.54, 1.807) is 23.0 Å². The SMILES string of the molecule is COc1cc(N2CCC(N3CCN(C(=O)CC4CCNCC4)CC3)CC2)c(-c2cnn(C)c2)cc1[N+](=O)[O-].O=C(O)C(F)(F)F. The van der Waals surface area contributed by atoms with E-state index < -0.39 is 17.1 Å². The maximum atomic E-state index is 12.8. The molecule has 3 saturated heterocycles. The molecule has 45 heavy (non-hydrogen) atoms. The number of amides is 1. The van der Waals surface area contributed by atoms with Crippen LogP contribution in [0.25, 0.3) is 11.1 Å². The molecule has 3 fully saturated rings. The van der Waals surface area contributed by atoms with E-state index in [4.69, 9.17) is 14.6 Å². The number of piperazine rings is 1. The molecule has 248 valence electrons. The minimum Gasteiger partial charge on any atom is -0.490 e. The number of nitro benzene ring substituents is 1. The largest absolute Gasteiger partial charge is 0.490 e. The number of carbonyl (C=O) groups excluding carboxylic acids is 1. The number of hydrogen-bond donors (Lipinski definition) is 2. The summed E-state index contributed by atoms with van der Waals surface area (Å²) >= 11 is 0. The van der Waals surface area contributed by atoms with Gasteiger partial charge in [0, 0.05) is 93.9 Å². The molecule has 0 bridgehead atoms. The molecule has 0 spiro atoms. The fourth-order valence-corrected chi connectivity index (χ4v) is 6.19. The Kier molecular flexibility index (Phi) is 11.3. The number of carboxylic acids is 1. The lowest BCUT2D eigenvalue weighted by molar-refractivity contribution is -0.385.